The zero-order valence-electron chi connectivity index (χ0n) is 22.2. The van der Waals surface area contributed by atoms with Crippen molar-refractivity contribution >= 4 is 34.8 Å². The fourth-order valence-electron chi connectivity index (χ4n) is 4.47. The molecule has 0 fully saturated rings. The zero-order chi connectivity index (χ0) is 27.7. The summed E-state index contributed by atoms with van der Waals surface area (Å²) in [5.41, 5.74) is 8.19. The minimum absolute atomic E-state index is 0.0739. The van der Waals surface area contributed by atoms with Crippen LogP contribution in [0.3, 0.4) is 0 Å². The topological polar surface area (TPSA) is 131 Å². The van der Waals surface area contributed by atoms with E-state index in [2.05, 4.69) is 45.0 Å². The first-order valence-electron chi connectivity index (χ1n) is 12.8. The number of allylic oxidation sites excluding steroid dienone is 4. The fourth-order valence-corrected chi connectivity index (χ4v) is 4.47. The van der Waals surface area contributed by atoms with Gasteiger partial charge in [0.1, 0.15) is 23.7 Å². The van der Waals surface area contributed by atoms with Crippen molar-refractivity contribution in [3.8, 4) is 5.75 Å². The van der Waals surface area contributed by atoms with Gasteiger partial charge in [0.05, 0.1) is 0 Å². The molecule has 4 rings (SSSR count). The summed E-state index contributed by atoms with van der Waals surface area (Å²) >= 11 is 0. The summed E-state index contributed by atoms with van der Waals surface area (Å²) in [7, 11) is 0. The molecule has 0 aliphatic heterocycles. The van der Waals surface area contributed by atoms with Crippen LogP contribution in [0.5, 0.6) is 5.75 Å². The van der Waals surface area contributed by atoms with Gasteiger partial charge in [-0.25, -0.2) is 9.97 Å². The number of aryl methyl sites for hydroxylation is 1. The Hall–Kier alpha value is -4.66. The number of hydrogen-bond donors (Lipinski definition) is 4. The van der Waals surface area contributed by atoms with Crippen molar-refractivity contribution in [3.05, 3.63) is 90.8 Å². The smallest absolute Gasteiger partial charge is 0.258 e. The molecule has 39 heavy (non-hydrogen) atoms. The molecule has 2 amide bonds. The summed E-state index contributed by atoms with van der Waals surface area (Å²) in [6.45, 7) is 3.96. The van der Waals surface area contributed by atoms with Crippen molar-refractivity contribution in [1.82, 2.24) is 15.3 Å². The molecular formula is C30H34N6O3. The Morgan fingerprint density at radius 1 is 1.03 bits per heavy atom. The summed E-state index contributed by atoms with van der Waals surface area (Å²) in [6, 6.07) is 16.7. The van der Waals surface area contributed by atoms with Gasteiger partial charge in [0.2, 0.25) is 5.91 Å². The van der Waals surface area contributed by atoms with Crippen LogP contribution >= 0.6 is 0 Å². The minimum Gasteiger partial charge on any atom is -0.484 e. The lowest BCUT2D eigenvalue weighted by Gasteiger charge is -2.31. The molecule has 1 aromatic heterocycles. The fraction of sp³-hybridized carbons (Fsp3) is 0.267. The monoisotopic (exact) mass is 526 g/mol. The van der Waals surface area contributed by atoms with Gasteiger partial charge in [-0.05, 0) is 67.1 Å². The SMILES string of the molecule is Cc1cccc(Nc2cc(Nc3ccc(OCC(=O)NC(CC(N)=O)CC4(C)C=CC=CC4)cc3)ncn2)c1. The highest BCUT2D eigenvalue weighted by Gasteiger charge is 2.27. The number of rotatable bonds is 12. The molecule has 5 N–H and O–H groups in total. The second-order valence-corrected chi connectivity index (χ2v) is 10.0. The summed E-state index contributed by atoms with van der Waals surface area (Å²) < 4.78 is 5.67. The average Bonchev–Trinajstić information content (AvgIpc) is 2.88. The number of hydrogen-bond acceptors (Lipinski definition) is 7. The summed E-state index contributed by atoms with van der Waals surface area (Å²) in [5, 5.41) is 9.42. The van der Waals surface area contributed by atoms with E-state index in [-0.39, 0.29) is 30.4 Å². The molecule has 9 heteroatoms. The summed E-state index contributed by atoms with van der Waals surface area (Å²) in [6.07, 6.45) is 11.2. The molecule has 0 saturated carbocycles. The van der Waals surface area contributed by atoms with Crippen LogP contribution in [0, 0.1) is 12.3 Å². The van der Waals surface area contributed by atoms with Gasteiger partial charge in [0, 0.05) is 29.9 Å². The van der Waals surface area contributed by atoms with E-state index in [0.717, 1.165) is 23.4 Å². The summed E-state index contributed by atoms with van der Waals surface area (Å²) in [5.74, 6) is 1.08. The zero-order valence-corrected chi connectivity index (χ0v) is 22.2. The quantitative estimate of drug-likeness (QED) is 0.263. The number of aromatic nitrogens is 2. The van der Waals surface area contributed by atoms with E-state index in [1.54, 1.807) is 12.1 Å². The average molecular weight is 527 g/mol. The van der Waals surface area contributed by atoms with E-state index in [1.165, 1.54) is 6.33 Å². The number of nitrogens with two attached hydrogens (primary N) is 1. The number of nitrogens with zero attached hydrogens (tertiary/aromatic N) is 2. The largest absolute Gasteiger partial charge is 0.484 e. The summed E-state index contributed by atoms with van der Waals surface area (Å²) in [4.78, 5) is 32.7. The second kappa shape index (κ2) is 12.7. The van der Waals surface area contributed by atoms with E-state index < -0.39 is 5.91 Å². The molecular weight excluding hydrogens is 492 g/mol. The first kappa shape index (κ1) is 27.4. The molecule has 2 aromatic carbocycles. The second-order valence-electron chi connectivity index (χ2n) is 10.0. The highest BCUT2D eigenvalue weighted by molar-refractivity contribution is 5.80. The molecule has 2 unspecified atom stereocenters. The number of anilines is 4. The molecule has 0 radical (unpaired) electrons. The molecule has 2 atom stereocenters. The van der Waals surface area contributed by atoms with E-state index in [4.69, 9.17) is 10.5 Å². The van der Waals surface area contributed by atoms with Crippen LogP contribution in [0.15, 0.2) is 85.2 Å². The standard InChI is InChI=1S/C30H34N6O3/c1-21-7-6-8-23(15-21)35-28-17-27(32-20-33-28)34-22-9-11-25(12-10-22)39-19-29(38)36-24(16-26(31)37)18-30(2)13-4-3-5-14-30/h3-13,15,17,20,24H,14,16,18-19H2,1-2H3,(H2,31,37)(H,36,38)(H2,32,33,34,35). The van der Waals surface area contributed by atoms with Crippen LogP contribution in [-0.2, 0) is 9.59 Å². The predicted molar refractivity (Wildman–Crippen MR) is 153 cm³/mol. The van der Waals surface area contributed by atoms with Crippen LogP contribution < -0.4 is 26.4 Å². The van der Waals surface area contributed by atoms with Gasteiger partial charge in [-0.1, -0.05) is 43.4 Å². The van der Waals surface area contributed by atoms with Crippen LogP contribution in [-0.4, -0.2) is 34.4 Å². The van der Waals surface area contributed by atoms with Gasteiger partial charge in [-0.3, -0.25) is 9.59 Å². The Balaban J connectivity index is 1.28. The van der Waals surface area contributed by atoms with Crippen LogP contribution in [0.25, 0.3) is 0 Å². The molecule has 0 saturated heterocycles. The number of ether oxygens (including phenoxy) is 1. The number of primary amides is 1. The van der Waals surface area contributed by atoms with Gasteiger partial charge in [-0.2, -0.15) is 0 Å². The minimum atomic E-state index is -0.454. The van der Waals surface area contributed by atoms with Crippen molar-refractivity contribution in [1.29, 1.82) is 0 Å². The lowest BCUT2D eigenvalue weighted by Crippen LogP contribution is -2.42. The van der Waals surface area contributed by atoms with E-state index in [0.29, 0.717) is 23.8 Å². The van der Waals surface area contributed by atoms with Crippen molar-refractivity contribution in [3.63, 3.8) is 0 Å². The predicted octanol–water partition coefficient (Wildman–Crippen LogP) is 4.92. The molecule has 1 heterocycles. The van der Waals surface area contributed by atoms with Crippen molar-refractivity contribution < 1.29 is 14.3 Å². The van der Waals surface area contributed by atoms with Crippen LogP contribution in [0.2, 0.25) is 0 Å². The maximum absolute atomic E-state index is 12.6. The van der Waals surface area contributed by atoms with Gasteiger partial charge >= 0.3 is 0 Å². The van der Waals surface area contributed by atoms with Crippen LogP contribution in [0.1, 0.15) is 31.7 Å². The molecule has 0 bridgehead atoms. The number of amides is 2. The molecule has 3 aromatic rings. The molecule has 9 nitrogen and oxygen atoms in total. The van der Waals surface area contributed by atoms with Crippen LogP contribution in [0.4, 0.5) is 23.0 Å². The molecule has 202 valence electrons. The van der Waals surface area contributed by atoms with Crippen molar-refractivity contribution in [2.45, 2.75) is 39.2 Å². The Bertz CT molecular complexity index is 1350. The third kappa shape index (κ3) is 8.70. The lowest BCUT2D eigenvalue weighted by atomic mass is 9.77. The highest BCUT2D eigenvalue weighted by Crippen LogP contribution is 2.33. The van der Waals surface area contributed by atoms with Crippen molar-refractivity contribution in [2.75, 3.05) is 17.2 Å². The first-order valence-corrected chi connectivity index (χ1v) is 12.8. The first-order chi connectivity index (χ1) is 18.8. The third-order valence-electron chi connectivity index (χ3n) is 6.31. The third-order valence-corrected chi connectivity index (χ3v) is 6.31. The number of nitrogens with one attached hydrogen (secondary N) is 3. The number of carbonyl (C=O) groups is 2. The van der Waals surface area contributed by atoms with Gasteiger partial charge in [0.15, 0.2) is 6.61 Å². The van der Waals surface area contributed by atoms with Gasteiger partial charge in [0.25, 0.3) is 5.91 Å². The van der Waals surface area contributed by atoms with E-state index >= 15 is 0 Å². The Morgan fingerprint density at radius 3 is 2.44 bits per heavy atom. The Morgan fingerprint density at radius 2 is 1.77 bits per heavy atom. The van der Waals surface area contributed by atoms with Crippen molar-refractivity contribution in [2.24, 2.45) is 11.1 Å². The normalized spacial score (nSPS) is 16.8. The molecule has 1 aliphatic carbocycles. The molecule has 1 aliphatic rings. The maximum Gasteiger partial charge on any atom is 0.258 e. The van der Waals surface area contributed by atoms with Gasteiger partial charge < -0.3 is 26.4 Å². The Kier molecular flexibility index (Phi) is 8.94. The maximum atomic E-state index is 12.6. The van der Waals surface area contributed by atoms with Gasteiger partial charge in [-0.15, -0.1) is 0 Å². The van der Waals surface area contributed by atoms with E-state index in [9.17, 15) is 9.59 Å². The number of carbonyl (C=O) groups excluding carboxylic acids is 2. The number of benzene rings is 2. The highest BCUT2D eigenvalue weighted by atomic mass is 16.5. The molecule has 0 spiro atoms. The van der Waals surface area contributed by atoms with E-state index in [1.807, 2.05) is 61.5 Å². The Labute approximate surface area is 228 Å². The lowest BCUT2D eigenvalue weighted by molar-refractivity contribution is -0.124.